The molecule has 0 amide bonds. The summed E-state index contributed by atoms with van der Waals surface area (Å²) in [4.78, 5) is 0. The van der Waals surface area contributed by atoms with Crippen LogP contribution in [0.5, 0.6) is 0 Å². The van der Waals surface area contributed by atoms with E-state index in [-0.39, 0.29) is 18.2 Å². The van der Waals surface area contributed by atoms with Crippen LogP contribution in [-0.4, -0.2) is 31.5 Å². The molecule has 0 aromatic heterocycles. The van der Waals surface area contributed by atoms with Gasteiger partial charge in [-0.3, -0.25) is 0 Å². The van der Waals surface area contributed by atoms with Crippen molar-refractivity contribution in [1.29, 1.82) is 0 Å². The fraction of sp³-hybridized carbons (Fsp3) is 0.538. The SMILES string of the molecule is COCC(O)CCNC(C)c1cc(F)ccc1F. The van der Waals surface area contributed by atoms with Crippen molar-refractivity contribution in [3.05, 3.63) is 35.4 Å². The summed E-state index contributed by atoms with van der Waals surface area (Å²) >= 11 is 0. The molecule has 1 aromatic rings. The Hall–Kier alpha value is -1.04. The van der Waals surface area contributed by atoms with Crippen LogP contribution in [0, 0.1) is 11.6 Å². The van der Waals surface area contributed by atoms with E-state index in [1.54, 1.807) is 6.92 Å². The van der Waals surface area contributed by atoms with Crippen LogP contribution < -0.4 is 5.32 Å². The zero-order valence-electron chi connectivity index (χ0n) is 10.6. The summed E-state index contributed by atoms with van der Waals surface area (Å²) in [6, 6.07) is 3.07. The zero-order valence-corrected chi connectivity index (χ0v) is 10.6. The lowest BCUT2D eigenvalue weighted by atomic mass is 10.1. The Balaban J connectivity index is 2.45. The van der Waals surface area contributed by atoms with E-state index >= 15 is 0 Å². The van der Waals surface area contributed by atoms with Gasteiger partial charge in [0.1, 0.15) is 11.6 Å². The molecule has 0 fully saturated rings. The quantitative estimate of drug-likeness (QED) is 0.787. The number of hydrogen-bond acceptors (Lipinski definition) is 3. The van der Waals surface area contributed by atoms with Crippen molar-refractivity contribution in [2.45, 2.75) is 25.5 Å². The van der Waals surface area contributed by atoms with Crippen molar-refractivity contribution >= 4 is 0 Å². The van der Waals surface area contributed by atoms with E-state index in [2.05, 4.69) is 5.32 Å². The van der Waals surface area contributed by atoms with Crippen molar-refractivity contribution < 1.29 is 18.6 Å². The van der Waals surface area contributed by atoms with Crippen molar-refractivity contribution in [3.63, 3.8) is 0 Å². The fourth-order valence-electron chi connectivity index (χ4n) is 1.70. The van der Waals surface area contributed by atoms with Crippen LogP contribution >= 0.6 is 0 Å². The number of hydrogen-bond donors (Lipinski definition) is 2. The Bertz CT molecular complexity index is 374. The van der Waals surface area contributed by atoms with Crippen molar-refractivity contribution in [2.75, 3.05) is 20.3 Å². The van der Waals surface area contributed by atoms with E-state index in [1.807, 2.05) is 0 Å². The van der Waals surface area contributed by atoms with Crippen molar-refractivity contribution in [1.82, 2.24) is 5.32 Å². The lowest BCUT2D eigenvalue weighted by Gasteiger charge is -2.16. The van der Waals surface area contributed by atoms with E-state index in [0.717, 1.165) is 12.1 Å². The minimum atomic E-state index is -0.549. The van der Waals surface area contributed by atoms with Gasteiger partial charge in [0.15, 0.2) is 0 Å². The largest absolute Gasteiger partial charge is 0.391 e. The Morgan fingerprint density at radius 2 is 2.11 bits per heavy atom. The van der Waals surface area contributed by atoms with Gasteiger partial charge in [-0.2, -0.15) is 0 Å². The lowest BCUT2D eigenvalue weighted by Crippen LogP contribution is -2.26. The summed E-state index contributed by atoms with van der Waals surface area (Å²) in [6.45, 7) is 2.52. The summed E-state index contributed by atoms with van der Waals surface area (Å²) in [5.41, 5.74) is 0.288. The van der Waals surface area contributed by atoms with Crippen LogP contribution in [0.4, 0.5) is 8.78 Å². The third-order valence-electron chi connectivity index (χ3n) is 2.71. The molecule has 2 N–H and O–H groups in total. The highest BCUT2D eigenvalue weighted by Crippen LogP contribution is 2.17. The lowest BCUT2D eigenvalue weighted by molar-refractivity contribution is 0.0590. The number of nitrogens with one attached hydrogen (secondary N) is 1. The first-order valence-electron chi connectivity index (χ1n) is 5.90. The molecule has 1 aromatic carbocycles. The molecule has 18 heavy (non-hydrogen) atoms. The minimum absolute atomic E-state index is 0.268. The standard InChI is InChI=1S/C13H19F2NO2/c1-9(16-6-5-11(17)8-18-2)12-7-10(14)3-4-13(12)15/h3-4,7,9,11,16-17H,5-6,8H2,1-2H3. The number of aliphatic hydroxyl groups excluding tert-OH is 1. The fourth-order valence-corrected chi connectivity index (χ4v) is 1.70. The molecule has 0 aliphatic heterocycles. The molecule has 1 rings (SSSR count). The molecule has 0 aliphatic rings. The number of rotatable bonds is 7. The first-order valence-corrected chi connectivity index (χ1v) is 5.90. The number of methoxy groups -OCH3 is 1. The van der Waals surface area contributed by atoms with Crippen LogP contribution in [0.1, 0.15) is 24.9 Å². The van der Waals surface area contributed by atoms with Gasteiger partial charge >= 0.3 is 0 Å². The molecule has 3 nitrogen and oxygen atoms in total. The van der Waals surface area contributed by atoms with E-state index in [0.29, 0.717) is 13.0 Å². The Labute approximate surface area is 106 Å². The van der Waals surface area contributed by atoms with E-state index in [1.165, 1.54) is 13.2 Å². The maximum absolute atomic E-state index is 13.5. The number of benzene rings is 1. The molecule has 0 aliphatic carbocycles. The van der Waals surface area contributed by atoms with Gasteiger partial charge in [0.2, 0.25) is 0 Å². The number of aliphatic hydroxyl groups is 1. The second-order valence-corrected chi connectivity index (χ2v) is 4.24. The molecule has 0 saturated heterocycles. The smallest absolute Gasteiger partial charge is 0.128 e. The normalized spacial score (nSPS) is 14.5. The number of halogens is 2. The molecule has 0 spiro atoms. The molecule has 5 heteroatoms. The van der Waals surface area contributed by atoms with Gasteiger partial charge in [0.05, 0.1) is 12.7 Å². The van der Waals surface area contributed by atoms with Crippen LogP contribution in [0.25, 0.3) is 0 Å². The van der Waals surface area contributed by atoms with Crippen molar-refractivity contribution in [3.8, 4) is 0 Å². The minimum Gasteiger partial charge on any atom is -0.391 e. The molecule has 0 heterocycles. The predicted octanol–water partition coefficient (Wildman–Crippen LogP) is 2.01. The van der Waals surface area contributed by atoms with Gasteiger partial charge in [0, 0.05) is 18.7 Å². The molecule has 0 radical (unpaired) electrons. The van der Waals surface area contributed by atoms with E-state index < -0.39 is 17.7 Å². The van der Waals surface area contributed by atoms with Crippen LogP contribution in [0.2, 0.25) is 0 Å². The first-order chi connectivity index (χ1) is 8.54. The summed E-state index contributed by atoms with van der Waals surface area (Å²) < 4.78 is 31.3. The molecule has 0 bridgehead atoms. The zero-order chi connectivity index (χ0) is 13.5. The third kappa shape index (κ3) is 4.68. The summed E-state index contributed by atoms with van der Waals surface area (Å²) in [5, 5.41) is 12.5. The average molecular weight is 259 g/mol. The highest BCUT2D eigenvalue weighted by Gasteiger charge is 2.12. The second-order valence-electron chi connectivity index (χ2n) is 4.24. The van der Waals surface area contributed by atoms with Gasteiger partial charge in [-0.05, 0) is 38.1 Å². The summed E-state index contributed by atoms with van der Waals surface area (Å²) in [7, 11) is 1.52. The highest BCUT2D eigenvalue weighted by atomic mass is 19.1. The van der Waals surface area contributed by atoms with Crippen molar-refractivity contribution in [2.24, 2.45) is 0 Å². The summed E-state index contributed by atoms with van der Waals surface area (Å²) in [5.74, 6) is -0.895. The monoisotopic (exact) mass is 259 g/mol. The van der Waals surface area contributed by atoms with Crippen LogP contribution in [-0.2, 0) is 4.74 Å². The molecule has 2 unspecified atom stereocenters. The van der Waals surface area contributed by atoms with Gasteiger partial charge in [-0.25, -0.2) is 8.78 Å². The third-order valence-corrected chi connectivity index (χ3v) is 2.71. The van der Waals surface area contributed by atoms with Gasteiger partial charge < -0.3 is 15.2 Å². The molecule has 2 atom stereocenters. The van der Waals surface area contributed by atoms with Gasteiger partial charge in [-0.15, -0.1) is 0 Å². The predicted molar refractivity (Wildman–Crippen MR) is 65.3 cm³/mol. The summed E-state index contributed by atoms with van der Waals surface area (Å²) in [6.07, 6.45) is -0.0539. The maximum atomic E-state index is 13.5. The first kappa shape index (κ1) is 15.0. The second kappa shape index (κ2) is 7.41. The Morgan fingerprint density at radius 1 is 1.39 bits per heavy atom. The Kier molecular flexibility index (Phi) is 6.18. The van der Waals surface area contributed by atoms with Crippen LogP contribution in [0.3, 0.4) is 0 Å². The highest BCUT2D eigenvalue weighted by molar-refractivity contribution is 5.21. The van der Waals surface area contributed by atoms with E-state index in [4.69, 9.17) is 4.74 Å². The Morgan fingerprint density at radius 3 is 2.78 bits per heavy atom. The molecule has 102 valence electrons. The molecule has 0 saturated carbocycles. The maximum Gasteiger partial charge on any atom is 0.128 e. The van der Waals surface area contributed by atoms with Gasteiger partial charge in [-0.1, -0.05) is 0 Å². The average Bonchev–Trinajstić information content (AvgIpc) is 2.32. The van der Waals surface area contributed by atoms with Crippen LogP contribution in [0.15, 0.2) is 18.2 Å². The van der Waals surface area contributed by atoms with Gasteiger partial charge in [0.25, 0.3) is 0 Å². The molecular formula is C13H19F2NO2. The van der Waals surface area contributed by atoms with E-state index in [9.17, 15) is 13.9 Å². The molecular weight excluding hydrogens is 240 g/mol. The number of ether oxygens (including phenoxy) is 1. The topological polar surface area (TPSA) is 41.5 Å².